The average Bonchev–Trinajstić information content (AvgIpc) is 3.13. The quantitative estimate of drug-likeness (QED) is 0.480. The molecule has 2 aromatic carbocycles. The molecule has 0 aliphatic rings. The number of nitrogens with one attached hydrogen (secondary N) is 1. The molecule has 1 N–H and O–H groups in total. The number of Topliss-reactive ketones (excluding diaryl/α,β-unsaturated/α-hetero) is 1. The van der Waals surface area contributed by atoms with Crippen LogP contribution in [0.4, 0.5) is 5.69 Å². The van der Waals surface area contributed by atoms with Crippen molar-refractivity contribution in [2.24, 2.45) is 0 Å². The molecule has 142 valence electrons. The number of anilines is 1. The summed E-state index contributed by atoms with van der Waals surface area (Å²) in [6.07, 6.45) is 0.195. The van der Waals surface area contributed by atoms with Crippen LogP contribution >= 0.6 is 11.3 Å². The molecule has 0 saturated carbocycles. The molecule has 1 heterocycles. The minimum Gasteiger partial charge on any atom is -0.454 e. The Bertz CT molecular complexity index is 995. The van der Waals surface area contributed by atoms with Crippen molar-refractivity contribution in [3.63, 3.8) is 0 Å². The summed E-state index contributed by atoms with van der Waals surface area (Å²) in [5.41, 5.74) is 1.43. The summed E-state index contributed by atoms with van der Waals surface area (Å²) in [7, 11) is 0. The summed E-state index contributed by atoms with van der Waals surface area (Å²) in [6.45, 7) is 1.56. The zero-order valence-corrected chi connectivity index (χ0v) is 16.1. The van der Waals surface area contributed by atoms with Gasteiger partial charge in [0.25, 0.3) is 0 Å². The fourth-order valence-corrected chi connectivity index (χ4v) is 3.40. The van der Waals surface area contributed by atoms with Gasteiger partial charge in [-0.2, -0.15) is 0 Å². The van der Waals surface area contributed by atoms with E-state index in [2.05, 4.69) is 5.32 Å². The number of thiophene rings is 1. The topological polar surface area (TPSA) is 72.5 Å². The standard InChI is InChI=1S/C22H19NO4S/c1-15-11-12-20(28-15)19(24)14-27-22(26)17-9-5-6-10-18(17)23-21(25)13-16-7-3-2-4-8-16/h2-12H,13-14H2,1H3,(H,23,25). The first kappa shape index (κ1) is 19.5. The molecule has 3 rings (SSSR count). The van der Waals surface area contributed by atoms with Crippen molar-refractivity contribution >= 4 is 34.7 Å². The van der Waals surface area contributed by atoms with E-state index in [0.29, 0.717) is 10.6 Å². The molecule has 0 saturated heterocycles. The van der Waals surface area contributed by atoms with E-state index >= 15 is 0 Å². The highest BCUT2D eigenvalue weighted by atomic mass is 32.1. The zero-order valence-electron chi connectivity index (χ0n) is 15.3. The Hall–Kier alpha value is -3.25. The highest BCUT2D eigenvalue weighted by Gasteiger charge is 2.17. The molecule has 5 nitrogen and oxygen atoms in total. The van der Waals surface area contributed by atoms with Crippen LogP contribution < -0.4 is 5.32 Å². The zero-order chi connectivity index (χ0) is 19.9. The number of hydrogen-bond donors (Lipinski definition) is 1. The summed E-state index contributed by atoms with van der Waals surface area (Å²) >= 11 is 1.36. The number of aryl methyl sites for hydroxylation is 1. The van der Waals surface area contributed by atoms with E-state index in [0.717, 1.165) is 10.4 Å². The van der Waals surface area contributed by atoms with Gasteiger partial charge in [0.15, 0.2) is 6.61 Å². The number of para-hydroxylation sites is 1. The van der Waals surface area contributed by atoms with Crippen LogP contribution in [0.2, 0.25) is 0 Å². The van der Waals surface area contributed by atoms with Crippen LogP contribution in [0.5, 0.6) is 0 Å². The fraction of sp³-hybridized carbons (Fsp3) is 0.136. The lowest BCUT2D eigenvalue weighted by atomic mass is 10.1. The number of esters is 1. The van der Waals surface area contributed by atoms with Crippen LogP contribution in [0.1, 0.15) is 30.5 Å². The highest BCUT2D eigenvalue weighted by Crippen LogP contribution is 2.18. The molecule has 0 aliphatic carbocycles. The molecule has 1 aromatic heterocycles. The molecule has 1 amide bonds. The van der Waals surface area contributed by atoms with Crippen LogP contribution in [-0.4, -0.2) is 24.3 Å². The van der Waals surface area contributed by atoms with Crippen LogP contribution in [0.15, 0.2) is 66.7 Å². The molecule has 0 aliphatic heterocycles. The Kier molecular flexibility index (Phi) is 6.34. The normalized spacial score (nSPS) is 10.3. The maximum absolute atomic E-state index is 12.4. The Morgan fingerprint density at radius 3 is 2.36 bits per heavy atom. The summed E-state index contributed by atoms with van der Waals surface area (Å²) in [5.74, 6) is -1.15. The molecule has 0 bridgehead atoms. The first-order valence-electron chi connectivity index (χ1n) is 8.72. The highest BCUT2D eigenvalue weighted by molar-refractivity contribution is 7.14. The van der Waals surface area contributed by atoms with Crippen molar-refractivity contribution in [3.05, 3.63) is 87.6 Å². The Balaban J connectivity index is 1.63. The number of ketones is 1. The van der Waals surface area contributed by atoms with Crippen LogP contribution in [0, 0.1) is 6.92 Å². The Morgan fingerprint density at radius 2 is 1.64 bits per heavy atom. The van der Waals surface area contributed by atoms with E-state index in [-0.39, 0.29) is 30.3 Å². The number of carbonyl (C=O) groups is 3. The second-order valence-electron chi connectivity index (χ2n) is 6.17. The third-order valence-corrected chi connectivity index (χ3v) is 5.02. The number of ether oxygens (including phenoxy) is 1. The van der Waals surface area contributed by atoms with Gasteiger partial charge in [0.05, 0.1) is 22.5 Å². The fourth-order valence-electron chi connectivity index (χ4n) is 2.61. The van der Waals surface area contributed by atoms with Gasteiger partial charge in [0, 0.05) is 4.88 Å². The summed E-state index contributed by atoms with van der Waals surface area (Å²) in [5, 5.41) is 2.74. The first-order chi connectivity index (χ1) is 13.5. The van der Waals surface area contributed by atoms with Gasteiger partial charge in [-0.05, 0) is 36.8 Å². The lowest BCUT2D eigenvalue weighted by Crippen LogP contribution is -2.19. The van der Waals surface area contributed by atoms with Gasteiger partial charge in [-0.1, -0.05) is 42.5 Å². The molecular formula is C22H19NO4S. The van der Waals surface area contributed by atoms with Gasteiger partial charge < -0.3 is 10.1 Å². The molecular weight excluding hydrogens is 374 g/mol. The molecule has 0 unspecified atom stereocenters. The number of benzene rings is 2. The average molecular weight is 393 g/mol. The lowest BCUT2D eigenvalue weighted by molar-refractivity contribution is -0.115. The Morgan fingerprint density at radius 1 is 0.929 bits per heavy atom. The third-order valence-electron chi connectivity index (χ3n) is 3.98. The number of amides is 1. The SMILES string of the molecule is Cc1ccc(C(=O)COC(=O)c2ccccc2NC(=O)Cc2ccccc2)s1. The van der Waals surface area contributed by atoms with Crippen LogP contribution in [-0.2, 0) is 16.0 Å². The first-order valence-corrected chi connectivity index (χ1v) is 9.54. The Labute approximate surface area is 167 Å². The van der Waals surface area contributed by atoms with Gasteiger partial charge in [-0.25, -0.2) is 4.79 Å². The van der Waals surface area contributed by atoms with Gasteiger partial charge in [0.1, 0.15) is 0 Å². The van der Waals surface area contributed by atoms with Crippen LogP contribution in [0.3, 0.4) is 0 Å². The van der Waals surface area contributed by atoms with Crippen LogP contribution in [0.25, 0.3) is 0 Å². The minimum atomic E-state index is -0.655. The van der Waals surface area contributed by atoms with Crippen molar-refractivity contribution in [2.45, 2.75) is 13.3 Å². The van der Waals surface area contributed by atoms with E-state index in [1.807, 2.05) is 43.3 Å². The molecule has 0 fully saturated rings. The lowest BCUT2D eigenvalue weighted by Gasteiger charge is -2.10. The second kappa shape index (κ2) is 9.10. The van der Waals surface area contributed by atoms with Gasteiger partial charge in [-0.3, -0.25) is 9.59 Å². The summed E-state index contributed by atoms with van der Waals surface area (Å²) in [6, 6.07) is 19.5. The van der Waals surface area contributed by atoms with Gasteiger partial charge >= 0.3 is 5.97 Å². The van der Waals surface area contributed by atoms with Crippen molar-refractivity contribution in [1.29, 1.82) is 0 Å². The van der Waals surface area contributed by atoms with Crippen molar-refractivity contribution < 1.29 is 19.1 Å². The molecule has 3 aromatic rings. The third kappa shape index (κ3) is 5.14. The molecule has 0 radical (unpaired) electrons. The minimum absolute atomic E-state index is 0.195. The monoisotopic (exact) mass is 393 g/mol. The number of rotatable bonds is 7. The maximum Gasteiger partial charge on any atom is 0.340 e. The second-order valence-corrected chi connectivity index (χ2v) is 7.45. The van der Waals surface area contributed by atoms with E-state index in [1.165, 1.54) is 11.3 Å². The van der Waals surface area contributed by atoms with Crippen molar-refractivity contribution in [1.82, 2.24) is 0 Å². The van der Waals surface area contributed by atoms with E-state index in [1.54, 1.807) is 30.3 Å². The summed E-state index contributed by atoms with van der Waals surface area (Å²) < 4.78 is 5.16. The predicted octanol–water partition coefficient (Wildman–Crippen LogP) is 4.28. The van der Waals surface area contributed by atoms with Crippen molar-refractivity contribution in [2.75, 3.05) is 11.9 Å². The summed E-state index contributed by atoms with van der Waals surface area (Å²) in [4.78, 5) is 38.4. The van der Waals surface area contributed by atoms with E-state index in [4.69, 9.17) is 4.74 Å². The smallest absolute Gasteiger partial charge is 0.340 e. The molecule has 28 heavy (non-hydrogen) atoms. The predicted molar refractivity (Wildman–Crippen MR) is 109 cm³/mol. The van der Waals surface area contributed by atoms with E-state index < -0.39 is 5.97 Å². The van der Waals surface area contributed by atoms with Gasteiger partial charge in [-0.15, -0.1) is 11.3 Å². The van der Waals surface area contributed by atoms with E-state index in [9.17, 15) is 14.4 Å². The van der Waals surface area contributed by atoms with Crippen molar-refractivity contribution in [3.8, 4) is 0 Å². The maximum atomic E-state index is 12.4. The number of hydrogen-bond acceptors (Lipinski definition) is 5. The number of carbonyl (C=O) groups excluding carboxylic acids is 3. The molecule has 6 heteroatoms. The molecule has 0 spiro atoms. The molecule has 0 atom stereocenters. The van der Waals surface area contributed by atoms with Gasteiger partial charge in [0.2, 0.25) is 11.7 Å². The largest absolute Gasteiger partial charge is 0.454 e.